The van der Waals surface area contributed by atoms with Crippen LogP contribution in [0.1, 0.15) is 17.5 Å². The van der Waals surface area contributed by atoms with Gasteiger partial charge in [-0.05, 0) is 18.2 Å². The van der Waals surface area contributed by atoms with Crippen LogP contribution in [0.4, 0.5) is 26.3 Å². The summed E-state index contributed by atoms with van der Waals surface area (Å²) in [6.45, 7) is 1.15. The molecule has 0 atom stereocenters. The largest absolute Gasteiger partial charge is 0.416 e. The number of alkyl halides is 6. The molecule has 1 N–H and O–H groups in total. The van der Waals surface area contributed by atoms with E-state index >= 15 is 0 Å². The van der Waals surface area contributed by atoms with Gasteiger partial charge in [0, 0.05) is 29.7 Å². The Hall–Kier alpha value is -3.42. The topological polar surface area (TPSA) is 89.3 Å². The van der Waals surface area contributed by atoms with Crippen LogP contribution in [-0.2, 0) is 26.7 Å². The highest BCUT2D eigenvalue weighted by atomic mass is 19.4. The highest BCUT2D eigenvalue weighted by Gasteiger charge is 2.49. The molecule has 176 valence electrons. The van der Waals surface area contributed by atoms with Gasteiger partial charge in [-0.15, -0.1) is 5.10 Å². The standard InChI is InChI=1S/C19H15F6N5O3/c20-18(21,22)12-3-11(4-13(5-12)19(23,24)25)16-26-10-29(28-16)2-1-14(31)27-30-7-17(6-15(30)32)8-33-9-17/h1-5,10H,6-9H2,(H,27,31)/b2-1-. The molecule has 2 aromatic rings. The molecule has 2 aliphatic rings. The molecule has 4 rings (SSSR count). The Morgan fingerprint density at radius 1 is 1.09 bits per heavy atom. The minimum absolute atomic E-state index is 0.00421. The maximum absolute atomic E-state index is 13.0. The zero-order chi connectivity index (χ0) is 24.0. The molecule has 0 aliphatic carbocycles. The van der Waals surface area contributed by atoms with Crippen LogP contribution in [0, 0.1) is 5.41 Å². The van der Waals surface area contributed by atoms with E-state index in [9.17, 15) is 35.9 Å². The first-order chi connectivity index (χ1) is 15.3. The van der Waals surface area contributed by atoms with E-state index < -0.39 is 40.8 Å². The van der Waals surface area contributed by atoms with Gasteiger partial charge in [0.1, 0.15) is 6.33 Å². The van der Waals surface area contributed by atoms with E-state index in [1.807, 2.05) is 0 Å². The third kappa shape index (κ3) is 4.84. The molecule has 2 fully saturated rings. The number of nitrogens with one attached hydrogen (secondary N) is 1. The van der Waals surface area contributed by atoms with Gasteiger partial charge in [-0.2, -0.15) is 26.3 Å². The molecule has 0 radical (unpaired) electrons. The van der Waals surface area contributed by atoms with Crippen molar-refractivity contribution in [2.45, 2.75) is 18.8 Å². The minimum Gasteiger partial charge on any atom is -0.380 e. The Bertz CT molecular complexity index is 1090. The summed E-state index contributed by atoms with van der Waals surface area (Å²) in [6.07, 6.45) is -6.68. The average molecular weight is 475 g/mol. The van der Waals surface area contributed by atoms with Crippen LogP contribution in [-0.4, -0.2) is 51.3 Å². The van der Waals surface area contributed by atoms with E-state index in [4.69, 9.17) is 4.74 Å². The van der Waals surface area contributed by atoms with Gasteiger partial charge in [-0.1, -0.05) is 0 Å². The van der Waals surface area contributed by atoms with Crippen LogP contribution in [0.5, 0.6) is 0 Å². The highest BCUT2D eigenvalue weighted by Crippen LogP contribution is 2.38. The number of carbonyl (C=O) groups is 2. The number of ether oxygens (including phenoxy) is 1. The summed E-state index contributed by atoms with van der Waals surface area (Å²) in [5, 5.41) is 4.97. The van der Waals surface area contributed by atoms with Crippen LogP contribution in [0.15, 0.2) is 30.6 Å². The zero-order valence-corrected chi connectivity index (χ0v) is 16.6. The molecule has 0 saturated carbocycles. The van der Waals surface area contributed by atoms with Crippen LogP contribution in [0.25, 0.3) is 17.6 Å². The Morgan fingerprint density at radius 2 is 1.73 bits per heavy atom. The number of hydrogen-bond acceptors (Lipinski definition) is 5. The Balaban J connectivity index is 1.48. The van der Waals surface area contributed by atoms with Crippen molar-refractivity contribution in [1.29, 1.82) is 0 Å². The second kappa shape index (κ2) is 7.86. The second-order valence-corrected chi connectivity index (χ2v) is 7.78. The van der Waals surface area contributed by atoms with E-state index in [0.29, 0.717) is 31.9 Å². The summed E-state index contributed by atoms with van der Waals surface area (Å²) in [5.41, 5.74) is -1.39. The molecule has 2 saturated heterocycles. The van der Waals surface area contributed by atoms with Gasteiger partial charge in [-0.25, -0.2) is 9.67 Å². The third-order valence-electron chi connectivity index (χ3n) is 5.12. The molecule has 3 heterocycles. The van der Waals surface area contributed by atoms with Gasteiger partial charge in [0.2, 0.25) is 5.91 Å². The van der Waals surface area contributed by atoms with Gasteiger partial charge < -0.3 is 4.74 Å². The maximum atomic E-state index is 13.0. The summed E-state index contributed by atoms with van der Waals surface area (Å²) in [5.74, 6) is -1.36. The summed E-state index contributed by atoms with van der Waals surface area (Å²) in [6, 6.07) is 1.01. The molecule has 0 unspecified atom stereocenters. The van der Waals surface area contributed by atoms with E-state index in [0.717, 1.165) is 23.3 Å². The first kappa shape index (κ1) is 22.8. The van der Waals surface area contributed by atoms with Crippen molar-refractivity contribution in [3.63, 3.8) is 0 Å². The van der Waals surface area contributed by atoms with Crippen molar-refractivity contribution in [3.8, 4) is 11.4 Å². The number of benzene rings is 1. The predicted octanol–water partition coefficient (Wildman–Crippen LogP) is 2.73. The second-order valence-electron chi connectivity index (χ2n) is 7.78. The van der Waals surface area contributed by atoms with Gasteiger partial charge in [0.25, 0.3) is 5.91 Å². The molecule has 0 bridgehead atoms. The molecule has 1 aromatic carbocycles. The molecule has 2 aliphatic heterocycles. The number of hydrogen-bond donors (Lipinski definition) is 1. The van der Waals surface area contributed by atoms with Gasteiger partial charge >= 0.3 is 12.4 Å². The van der Waals surface area contributed by atoms with Crippen molar-refractivity contribution < 1.29 is 40.7 Å². The van der Waals surface area contributed by atoms with Gasteiger partial charge in [-0.3, -0.25) is 20.0 Å². The lowest BCUT2D eigenvalue weighted by molar-refractivity contribution is -0.143. The van der Waals surface area contributed by atoms with Gasteiger partial charge in [0.05, 0.1) is 30.9 Å². The first-order valence-corrected chi connectivity index (χ1v) is 9.43. The fourth-order valence-electron chi connectivity index (χ4n) is 3.46. The van der Waals surface area contributed by atoms with Crippen molar-refractivity contribution >= 4 is 18.0 Å². The molecule has 8 nitrogen and oxygen atoms in total. The lowest BCUT2D eigenvalue weighted by Gasteiger charge is -2.36. The number of carbonyl (C=O) groups excluding carboxylic acids is 2. The third-order valence-corrected chi connectivity index (χ3v) is 5.12. The fourth-order valence-corrected chi connectivity index (χ4v) is 3.46. The normalized spacial score (nSPS) is 18.2. The lowest BCUT2D eigenvalue weighted by atomic mass is 9.85. The van der Waals surface area contributed by atoms with E-state index in [-0.39, 0.29) is 23.8 Å². The number of amides is 2. The van der Waals surface area contributed by atoms with Crippen LogP contribution in [0.3, 0.4) is 0 Å². The van der Waals surface area contributed by atoms with Crippen molar-refractivity contribution in [2.75, 3.05) is 19.8 Å². The molecule has 33 heavy (non-hydrogen) atoms. The maximum Gasteiger partial charge on any atom is 0.416 e. The van der Waals surface area contributed by atoms with E-state index in [2.05, 4.69) is 15.5 Å². The molecular formula is C19H15F6N5O3. The van der Waals surface area contributed by atoms with E-state index in [1.54, 1.807) is 0 Å². The SMILES string of the molecule is O=C(/C=C\n1cnc(-c2cc(C(F)(F)F)cc(C(F)(F)F)c2)n1)NN1CC2(COC2)CC1=O. The molecule has 14 heteroatoms. The molecule has 1 spiro atoms. The van der Waals surface area contributed by atoms with Crippen molar-refractivity contribution in [1.82, 2.24) is 25.2 Å². The first-order valence-electron chi connectivity index (χ1n) is 9.43. The number of nitrogens with zero attached hydrogens (tertiary/aromatic N) is 4. The summed E-state index contributed by atoms with van der Waals surface area (Å²) < 4.78 is 84.2. The highest BCUT2D eigenvalue weighted by molar-refractivity contribution is 5.92. The fraction of sp³-hybridized carbons (Fsp3) is 0.368. The number of aromatic nitrogens is 3. The molecular weight excluding hydrogens is 460 g/mol. The average Bonchev–Trinajstić information content (AvgIpc) is 3.30. The predicted molar refractivity (Wildman–Crippen MR) is 98.5 cm³/mol. The van der Waals surface area contributed by atoms with Crippen LogP contribution < -0.4 is 5.43 Å². The quantitative estimate of drug-likeness (QED) is 0.543. The van der Waals surface area contributed by atoms with E-state index in [1.165, 1.54) is 5.01 Å². The monoisotopic (exact) mass is 475 g/mol. The van der Waals surface area contributed by atoms with Crippen LogP contribution in [0.2, 0.25) is 0 Å². The Morgan fingerprint density at radius 3 is 2.24 bits per heavy atom. The molecule has 1 aromatic heterocycles. The summed E-state index contributed by atoms with van der Waals surface area (Å²) >= 11 is 0. The van der Waals surface area contributed by atoms with Crippen molar-refractivity contribution in [3.05, 3.63) is 41.7 Å². The van der Waals surface area contributed by atoms with Crippen LogP contribution >= 0.6 is 0 Å². The summed E-state index contributed by atoms with van der Waals surface area (Å²) in [7, 11) is 0. The Kier molecular flexibility index (Phi) is 5.42. The van der Waals surface area contributed by atoms with Crippen molar-refractivity contribution in [2.24, 2.45) is 5.41 Å². The molecule has 2 amide bonds. The zero-order valence-electron chi connectivity index (χ0n) is 16.6. The minimum atomic E-state index is -5.01. The number of halogens is 6. The Labute approximate surface area is 181 Å². The lowest BCUT2D eigenvalue weighted by Crippen LogP contribution is -2.48. The number of rotatable bonds is 4. The smallest absolute Gasteiger partial charge is 0.380 e. The number of hydrazine groups is 1. The summed E-state index contributed by atoms with van der Waals surface area (Å²) in [4.78, 5) is 27.8. The van der Waals surface area contributed by atoms with Gasteiger partial charge in [0.15, 0.2) is 5.82 Å².